The number of hydrogen-bond acceptors (Lipinski definition) is 17. The van der Waals surface area contributed by atoms with E-state index in [0.29, 0.717) is 0 Å². The van der Waals surface area contributed by atoms with Crippen molar-refractivity contribution in [2.75, 3.05) is 24.8 Å². The van der Waals surface area contributed by atoms with E-state index in [1.54, 1.807) is 0 Å². The number of nitrogen functional groups attached to an aromatic ring is 1. The van der Waals surface area contributed by atoms with Gasteiger partial charge in [0.1, 0.15) is 34.4 Å². The minimum Gasteiger partial charge on any atom is -0.465 e. The van der Waals surface area contributed by atoms with Gasteiger partial charge in [0.15, 0.2) is 16.8 Å². The maximum atomic E-state index is 13.1. The second-order valence-corrected chi connectivity index (χ2v) is 14.6. The van der Waals surface area contributed by atoms with E-state index < -0.39 is 72.8 Å². The minimum absolute atomic E-state index is 0.0387. The molecule has 0 aromatic carbocycles. The number of fused-ring (bicyclic) bond motifs is 2. The van der Waals surface area contributed by atoms with Crippen molar-refractivity contribution < 1.29 is 75.0 Å². The van der Waals surface area contributed by atoms with Gasteiger partial charge >= 0.3 is 29.4 Å². The molecule has 22 nitrogen and oxygen atoms in total. The van der Waals surface area contributed by atoms with Crippen molar-refractivity contribution >= 4 is 81.7 Å². The number of carbonyl (C=O) groups excluding carboxylic acids is 2. The lowest BCUT2D eigenvalue weighted by atomic mass is 10.1. The fourth-order valence-electron chi connectivity index (χ4n) is 4.28. The van der Waals surface area contributed by atoms with Gasteiger partial charge < -0.3 is 54.6 Å². The zero-order chi connectivity index (χ0) is 32.9. The number of methoxy groups -OCH3 is 1. The number of amides is 1. The van der Waals surface area contributed by atoms with Gasteiger partial charge in [-0.05, 0) is 11.4 Å². The lowest BCUT2D eigenvalue weighted by molar-refractivity contribution is -0.166. The molecule has 0 radical (unpaired) electrons. The molecule has 2 fully saturated rings. The Kier molecular flexibility index (Phi) is 9.48. The van der Waals surface area contributed by atoms with Crippen molar-refractivity contribution in [3.63, 3.8) is 0 Å². The molecule has 0 spiro atoms. The normalized spacial score (nSPS) is 25.8. The van der Waals surface area contributed by atoms with Gasteiger partial charge in [-0.25, -0.2) is 28.5 Å². The van der Waals surface area contributed by atoms with Crippen LogP contribution in [0.3, 0.4) is 0 Å². The first-order chi connectivity index (χ1) is 21.0. The van der Waals surface area contributed by atoms with Gasteiger partial charge in [-0.3, -0.25) is 13.9 Å². The van der Waals surface area contributed by atoms with Crippen LogP contribution in [0, 0.1) is 4.64 Å². The summed E-state index contributed by atoms with van der Waals surface area (Å²) in [4.78, 5) is 72.9. The molecule has 0 aliphatic carbocycles. The molecule has 2 aliphatic rings. The van der Waals surface area contributed by atoms with Crippen LogP contribution in [0.4, 0.5) is 11.6 Å². The van der Waals surface area contributed by atoms with Gasteiger partial charge in [-0.2, -0.15) is 8.62 Å². The number of hydrogen-bond donors (Lipinski definition) is 7. The van der Waals surface area contributed by atoms with E-state index in [2.05, 4.69) is 28.9 Å². The number of nitrogens with zero attached hydrogens (tertiary/aromatic N) is 3. The van der Waals surface area contributed by atoms with Crippen molar-refractivity contribution in [1.82, 2.24) is 19.5 Å². The summed E-state index contributed by atoms with van der Waals surface area (Å²) in [5.41, 5.74) is 6.31. The minimum atomic E-state index is -5.80. The average molecular weight is 734 g/mol. The molecule has 27 heteroatoms. The quantitative estimate of drug-likeness (QED) is 0.0817. The summed E-state index contributed by atoms with van der Waals surface area (Å²) in [6.07, 6.45) is -5.33. The number of ether oxygens (including phenoxy) is 4. The molecule has 2 saturated heterocycles. The Hall–Kier alpha value is -2.50. The third-order valence-electron chi connectivity index (χ3n) is 5.91. The third-order valence-corrected chi connectivity index (χ3v) is 10.9. The molecule has 0 saturated carbocycles. The van der Waals surface area contributed by atoms with Crippen LogP contribution in [0.1, 0.15) is 15.9 Å². The van der Waals surface area contributed by atoms with Crippen LogP contribution in [0.25, 0.3) is 11.2 Å². The van der Waals surface area contributed by atoms with Gasteiger partial charge in [0.2, 0.25) is 6.29 Å². The molecule has 0 bridgehead atoms. The number of anilines is 2. The highest BCUT2D eigenvalue weighted by Crippen LogP contribution is 2.66. The number of aromatic amines is 1. The molecule has 246 valence electrons. The molecule has 7 unspecified atom stereocenters. The first-order valence-electron chi connectivity index (χ1n) is 11.9. The molecule has 8 N–H and O–H groups in total. The number of aromatic nitrogens is 4. The van der Waals surface area contributed by atoms with Crippen molar-refractivity contribution in [3.8, 4) is 0 Å². The molecule has 45 heavy (non-hydrogen) atoms. The zero-order valence-corrected chi connectivity index (χ0v) is 26.4. The lowest BCUT2D eigenvalue weighted by Gasteiger charge is -2.22. The van der Waals surface area contributed by atoms with Crippen molar-refractivity contribution in [3.05, 3.63) is 27.3 Å². The number of nitrogens with two attached hydrogens (primary N) is 1. The predicted molar refractivity (Wildman–Crippen MR) is 149 cm³/mol. The van der Waals surface area contributed by atoms with Gasteiger partial charge in [0, 0.05) is 0 Å². The Bertz CT molecular complexity index is 1840. The van der Waals surface area contributed by atoms with Crippen LogP contribution in [0.5, 0.6) is 0 Å². The van der Waals surface area contributed by atoms with E-state index in [4.69, 9.17) is 51.2 Å². The van der Waals surface area contributed by atoms with Crippen molar-refractivity contribution in [2.24, 2.45) is 0 Å². The summed E-state index contributed by atoms with van der Waals surface area (Å²) in [7, 11) is -15.8. The van der Waals surface area contributed by atoms with Gasteiger partial charge in [0.05, 0.1) is 25.7 Å². The molecular formula is C18H21N6O16P3S2. The van der Waals surface area contributed by atoms with Gasteiger partial charge in [-0.1, -0.05) is 12.2 Å². The Morgan fingerprint density at radius 2 is 1.87 bits per heavy atom. The topological polar surface area (TPSA) is 315 Å². The number of esters is 1. The molecule has 7 atom stereocenters. The largest absolute Gasteiger partial charge is 0.490 e. The number of rotatable bonds is 11. The molecule has 1 amide bonds. The van der Waals surface area contributed by atoms with Crippen LogP contribution in [-0.4, -0.2) is 89.3 Å². The SMILES string of the molecule is COC(=O)c1sccc1NC(=O)C1OC2C(COP(=O)(O)OP(=O)(O)OP(=O)(O)O)OC(n3cnc4c(=S)nc(N)[nH]c43)C2O1. The highest BCUT2D eigenvalue weighted by Gasteiger charge is 2.56. The lowest BCUT2D eigenvalue weighted by Crippen LogP contribution is -2.34. The monoisotopic (exact) mass is 734 g/mol. The Morgan fingerprint density at radius 1 is 1.16 bits per heavy atom. The molecular weight excluding hydrogens is 713 g/mol. The van der Waals surface area contributed by atoms with Crippen molar-refractivity contribution in [2.45, 2.75) is 30.8 Å². The second kappa shape index (κ2) is 12.6. The standard InChI is InChI=1S/C18H21N6O16P3S2/c1-34-16(26)11-6(2-3-45-11)21-13(25)17-37-9-7(4-35-42(30,31)40-43(32,33)39-41(27,28)29)36-15(10(9)38-17)24-5-20-8-12(24)22-18(19)23-14(8)44/h2-3,5,7,9-10,15,17H,4H2,1H3,(H,21,25)(H,30,31)(H,32,33)(H2,27,28,29)(H3,19,22,23,44). The summed E-state index contributed by atoms with van der Waals surface area (Å²) < 4.78 is 70.8. The zero-order valence-electron chi connectivity index (χ0n) is 22.1. The summed E-state index contributed by atoms with van der Waals surface area (Å²) in [6.45, 7) is -0.928. The van der Waals surface area contributed by atoms with Crippen LogP contribution in [-0.2, 0) is 50.6 Å². The predicted octanol–water partition coefficient (Wildman–Crippen LogP) is 0.909. The maximum Gasteiger partial charge on any atom is 0.490 e. The number of H-pyrrole nitrogens is 1. The summed E-state index contributed by atoms with van der Waals surface area (Å²) in [6, 6.07) is 1.44. The molecule has 3 aromatic rings. The number of thiophene rings is 1. The van der Waals surface area contributed by atoms with E-state index in [0.717, 1.165) is 18.4 Å². The molecule has 2 aliphatic heterocycles. The maximum absolute atomic E-state index is 13.1. The number of imidazole rings is 1. The number of nitrogens with one attached hydrogen (secondary N) is 2. The number of phosphoric ester groups is 1. The molecule has 5 rings (SSSR count). The molecule has 3 aromatic heterocycles. The van der Waals surface area contributed by atoms with Gasteiger partial charge in [-0.15, -0.1) is 11.3 Å². The van der Waals surface area contributed by atoms with E-state index in [1.807, 2.05) is 0 Å². The Labute approximate surface area is 258 Å². The van der Waals surface area contributed by atoms with Crippen molar-refractivity contribution in [1.29, 1.82) is 0 Å². The number of phosphoric acid groups is 3. The highest BCUT2D eigenvalue weighted by atomic mass is 32.1. The smallest absolute Gasteiger partial charge is 0.465 e. The van der Waals surface area contributed by atoms with Crippen LogP contribution >= 0.6 is 47.0 Å². The average Bonchev–Trinajstić information content (AvgIpc) is 3.68. The summed E-state index contributed by atoms with van der Waals surface area (Å²) >= 11 is 6.19. The highest BCUT2D eigenvalue weighted by molar-refractivity contribution is 7.71. The van der Waals surface area contributed by atoms with Crippen LogP contribution < -0.4 is 11.1 Å². The second-order valence-electron chi connectivity index (χ2n) is 8.91. The van der Waals surface area contributed by atoms with Gasteiger partial charge in [0.25, 0.3) is 5.91 Å². The molecule has 5 heterocycles. The summed E-state index contributed by atoms with van der Waals surface area (Å²) in [5.74, 6) is -1.64. The third kappa shape index (κ3) is 7.57. The van der Waals surface area contributed by atoms with E-state index >= 15 is 0 Å². The van der Waals surface area contributed by atoms with E-state index in [1.165, 1.54) is 22.3 Å². The first kappa shape index (κ1) is 33.9. The van der Waals surface area contributed by atoms with Crippen LogP contribution in [0.2, 0.25) is 0 Å². The fourth-order valence-corrected chi connectivity index (χ4v) is 8.33. The van der Waals surface area contributed by atoms with E-state index in [9.17, 15) is 33.1 Å². The summed E-state index contributed by atoms with van der Waals surface area (Å²) in [5, 5.41) is 4.02. The number of carbonyl (C=O) groups is 2. The van der Waals surface area contributed by atoms with Crippen LogP contribution in [0.15, 0.2) is 17.8 Å². The fraction of sp³-hybridized carbons (Fsp3) is 0.389. The first-order valence-corrected chi connectivity index (χ1v) is 17.7. The Balaban J connectivity index is 1.39. The Morgan fingerprint density at radius 3 is 2.56 bits per heavy atom. The van der Waals surface area contributed by atoms with E-state index in [-0.39, 0.29) is 32.3 Å².